The van der Waals surface area contributed by atoms with Gasteiger partial charge in [-0.25, -0.2) is 4.39 Å². The second-order valence-electron chi connectivity index (χ2n) is 4.84. The van der Waals surface area contributed by atoms with Crippen molar-refractivity contribution in [3.63, 3.8) is 0 Å². The van der Waals surface area contributed by atoms with E-state index in [2.05, 4.69) is 10.2 Å². The van der Waals surface area contributed by atoms with Crippen LogP contribution < -0.4 is 0 Å². The van der Waals surface area contributed by atoms with Gasteiger partial charge in [-0.3, -0.25) is 4.79 Å². The monoisotopic (exact) mass is 278 g/mol. The number of carboxylic acids is 1. The van der Waals surface area contributed by atoms with Crippen LogP contribution in [0.3, 0.4) is 0 Å². The summed E-state index contributed by atoms with van der Waals surface area (Å²) < 4.78 is 19.3. The Balaban J connectivity index is 2.17. The predicted octanol–water partition coefficient (Wildman–Crippen LogP) is 2.84. The van der Waals surface area contributed by atoms with Gasteiger partial charge in [-0.1, -0.05) is 19.1 Å². The van der Waals surface area contributed by atoms with Gasteiger partial charge in [0.2, 0.25) is 5.89 Å². The summed E-state index contributed by atoms with van der Waals surface area (Å²) in [6, 6.07) is 4.94. The third kappa shape index (κ3) is 3.20. The SMILES string of the molecule is Cc1cccc(-c2nnc(CC(C)CC(=O)O)o2)c1F. The smallest absolute Gasteiger partial charge is 0.303 e. The van der Waals surface area contributed by atoms with E-state index in [4.69, 9.17) is 9.52 Å². The molecule has 5 nitrogen and oxygen atoms in total. The zero-order chi connectivity index (χ0) is 14.7. The molecule has 106 valence electrons. The van der Waals surface area contributed by atoms with E-state index in [0.29, 0.717) is 17.9 Å². The highest BCUT2D eigenvalue weighted by Gasteiger charge is 2.16. The van der Waals surface area contributed by atoms with Gasteiger partial charge in [-0.05, 0) is 24.5 Å². The molecule has 2 aromatic rings. The van der Waals surface area contributed by atoms with Crippen LogP contribution in [0.4, 0.5) is 4.39 Å². The van der Waals surface area contributed by atoms with Gasteiger partial charge < -0.3 is 9.52 Å². The normalized spacial score (nSPS) is 12.3. The van der Waals surface area contributed by atoms with Crippen molar-refractivity contribution in [2.45, 2.75) is 26.7 Å². The van der Waals surface area contributed by atoms with Gasteiger partial charge in [0.25, 0.3) is 5.89 Å². The molecule has 1 N–H and O–H groups in total. The fraction of sp³-hybridized carbons (Fsp3) is 0.357. The van der Waals surface area contributed by atoms with Crippen molar-refractivity contribution in [1.29, 1.82) is 0 Å². The van der Waals surface area contributed by atoms with Crippen molar-refractivity contribution in [2.24, 2.45) is 5.92 Å². The number of hydrogen-bond acceptors (Lipinski definition) is 4. The minimum absolute atomic E-state index is 0.0243. The van der Waals surface area contributed by atoms with Crippen molar-refractivity contribution < 1.29 is 18.7 Å². The van der Waals surface area contributed by atoms with Crippen LogP contribution in [0.15, 0.2) is 22.6 Å². The average molecular weight is 278 g/mol. The molecule has 0 amide bonds. The topological polar surface area (TPSA) is 76.2 Å². The van der Waals surface area contributed by atoms with E-state index in [1.54, 1.807) is 32.0 Å². The fourth-order valence-corrected chi connectivity index (χ4v) is 1.93. The Kier molecular flexibility index (Phi) is 4.12. The van der Waals surface area contributed by atoms with Gasteiger partial charge in [-0.2, -0.15) is 0 Å². The maximum absolute atomic E-state index is 13.9. The van der Waals surface area contributed by atoms with Crippen molar-refractivity contribution in [2.75, 3.05) is 0 Å². The van der Waals surface area contributed by atoms with Crippen molar-refractivity contribution in [1.82, 2.24) is 10.2 Å². The van der Waals surface area contributed by atoms with E-state index in [9.17, 15) is 9.18 Å². The summed E-state index contributed by atoms with van der Waals surface area (Å²) in [6.45, 7) is 3.44. The van der Waals surface area contributed by atoms with Crippen LogP contribution in [-0.4, -0.2) is 21.3 Å². The molecular weight excluding hydrogens is 263 g/mol. The van der Waals surface area contributed by atoms with Gasteiger partial charge in [0.05, 0.1) is 5.56 Å². The highest BCUT2D eigenvalue weighted by molar-refractivity contribution is 5.66. The van der Waals surface area contributed by atoms with Gasteiger partial charge in [0, 0.05) is 12.8 Å². The first-order chi connectivity index (χ1) is 9.47. The zero-order valence-corrected chi connectivity index (χ0v) is 11.3. The van der Waals surface area contributed by atoms with E-state index >= 15 is 0 Å². The Bertz CT molecular complexity index is 625. The van der Waals surface area contributed by atoms with Crippen molar-refractivity contribution in [3.05, 3.63) is 35.5 Å². The van der Waals surface area contributed by atoms with Crippen LogP contribution in [-0.2, 0) is 11.2 Å². The van der Waals surface area contributed by atoms with Crippen LogP contribution >= 0.6 is 0 Å². The van der Waals surface area contributed by atoms with Crippen LogP contribution in [0, 0.1) is 18.7 Å². The molecule has 2 rings (SSSR count). The van der Waals surface area contributed by atoms with E-state index in [1.165, 1.54) is 0 Å². The molecular formula is C14H15FN2O3. The first kappa shape index (κ1) is 14.2. The Labute approximate surface area is 115 Å². The Morgan fingerprint density at radius 3 is 2.90 bits per heavy atom. The first-order valence-corrected chi connectivity index (χ1v) is 6.27. The van der Waals surface area contributed by atoms with Gasteiger partial charge in [0.15, 0.2) is 0 Å². The lowest BCUT2D eigenvalue weighted by Crippen LogP contribution is -2.07. The van der Waals surface area contributed by atoms with E-state index < -0.39 is 5.97 Å². The highest BCUT2D eigenvalue weighted by atomic mass is 19.1. The summed E-state index contributed by atoms with van der Waals surface area (Å²) in [7, 11) is 0. The van der Waals surface area contributed by atoms with Crippen molar-refractivity contribution >= 4 is 5.97 Å². The number of carboxylic acid groups (broad SMARTS) is 1. The number of hydrogen-bond donors (Lipinski definition) is 1. The molecule has 0 spiro atoms. The summed E-state index contributed by atoms with van der Waals surface area (Å²) in [5.41, 5.74) is 0.760. The van der Waals surface area contributed by atoms with Gasteiger partial charge in [-0.15, -0.1) is 10.2 Å². The van der Waals surface area contributed by atoms with Crippen LogP contribution in [0.2, 0.25) is 0 Å². The second-order valence-corrected chi connectivity index (χ2v) is 4.84. The minimum Gasteiger partial charge on any atom is -0.481 e. The highest BCUT2D eigenvalue weighted by Crippen LogP contribution is 2.24. The number of carbonyl (C=O) groups is 1. The third-order valence-electron chi connectivity index (χ3n) is 2.94. The third-order valence-corrected chi connectivity index (χ3v) is 2.94. The van der Waals surface area contributed by atoms with Gasteiger partial charge in [0.1, 0.15) is 5.82 Å². The molecule has 1 atom stereocenters. The van der Waals surface area contributed by atoms with Crippen LogP contribution in [0.5, 0.6) is 0 Å². The molecule has 0 saturated heterocycles. The fourth-order valence-electron chi connectivity index (χ4n) is 1.93. The maximum Gasteiger partial charge on any atom is 0.303 e. The Hall–Kier alpha value is -2.24. The summed E-state index contributed by atoms with van der Waals surface area (Å²) in [5, 5.41) is 16.3. The van der Waals surface area contributed by atoms with Crippen LogP contribution in [0.1, 0.15) is 24.8 Å². The minimum atomic E-state index is -0.873. The summed E-state index contributed by atoms with van der Waals surface area (Å²) in [6.07, 6.45) is 0.378. The quantitative estimate of drug-likeness (QED) is 0.910. The molecule has 0 fully saturated rings. The van der Waals surface area contributed by atoms with Crippen LogP contribution in [0.25, 0.3) is 11.5 Å². The number of aryl methyl sites for hydroxylation is 1. The summed E-state index contributed by atoms with van der Waals surface area (Å²) in [4.78, 5) is 10.6. The molecule has 20 heavy (non-hydrogen) atoms. The lowest BCUT2D eigenvalue weighted by atomic mass is 10.0. The number of halogens is 1. The number of benzene rings is 1. The van der Waals surface area contributed by atoms with Gasteiger partial charge >= 0.3 is 5.97 Å². The maximum atomic E-state index is 13.9. The molecule has 0 radical (unpaired) electrons. The zero-order valence-electron chi connectivity index (χ0n) is 11.3. The molecule has 1 aromatic heterocycles. The lowest BCUT2D eigenvalue weighted by molar-refractivity contribution is -0.137. The predicted molar refractivity (Wildman–Crippen MR) is 69.5 cm³/mol. The molecule has 0 saturated carbocycles. The molecule has 6 heteroatoms. The van der Waals surface area contributed by atoms with E-state index in [-0.39, 0.29) is 29.6 Å². The van der Waals surface area contributed by atoms with Crippen molar-refractivity contribution in [3.8, 4) is 11.5 Å². The molecule has 0 aliphatic heterocycles. The molecule has 1 aromatic carbocycles. The molecule has 1 heterocycles. The molecule has 0 aliphatic rings. The molecule has 0 bridgehead atoms. The largest absolute Gasteiger partial charge is 0.481 e. The Morgan fingerprint density at radius 2 is 2.20 bits per heavy atom. The summed E-state index contributed by atoms with van der Waals surface area (Å²) in [5.74, 6) is -0.954. The average Bonchev–Trinajstić information content (AvgIpc) is 2.79. The summed E-state index contributed by atoms with van der Waals surface area (Å²) >= 11 is 0. The number of rotatable bonds is 5. The second kappa shape index (κ2) is 5.81. The first-order valence-electron chi connectivity index (χ1n) is 6.27. The standard InChI is InChI=1S/C14H15FN2O3/c1-8(7-12(18)19)6-11-16-17-14(20-11)10-5-3-4-9(2)13(10)15/h3-5,8H,6-7H2,1-2H3,(H,18,19). The number of aromatic nitrogens is 2. The van der Waals surface area contributed by atoms with E-state index in [1.807, 2.05) is 0 Å². The molecule has 0 aliphatic carbocycles. The van der Waals surface area contributed by atoms with E-state index in [0.717, 1.165) is 0 Å². The lowest BCUT2D eigenvalue weighted by Gasteiger charge is -2.04. The Morgan fingerprint density at radius 1 is 1.45 bits per heavy atom. The molecule has 1 unspecified atom stereocenters. The number of aliphatic carboxylic acids is 1. The number of nitrogens with zero attached hydrogens (tertiary/aromatic N) is 2.